The number of hydrogen-bond donors (Lipinski definition) is 1. The molecule has 6 nitrogen and oxygen atoms in total. The third-order valence-electron chi connectivity index (χ3n) is 5.49. The Hall–Kier alpha value is -3.98. The predicted octanol–water partition coefficient (Wildman–Crippen LogP) is 3.94. The molecule has 0 saturated carbocycles. The first-order valence-electron chi connectivity index (χ1n) is 10.5. The first-order valence-corrected chi connectivity index (χ1v) is 11.4. The van der Waals surface area contributed by atoms with E-state index in [1.54, 1.807) is 12.3 Å². The van der Waals surface area contributed by atoms with Crippen molar-refractivity contribution in [3.8, 4) is 0 Å². The number of halogens is 2. The molecule has 34 heavy (non-hydrogen) atoms. The van der Waals surface area contributed by atoms with Crippen LogP contribution in [0, 0.1) is 11.6 Å². The maximum Gasteiger partial charge on any atom is 0.263 e. The van der Waals surface area contributed by atoms with Crippen LogP contribution in [-0.4, -0.2) is 20.4 Å². The molecular formula is C25H18F2N4O2S. The summed E-state index contributed by atoms with van der Waals surface area (Å²) in [6.45, 7) is 0.179. The molecule has 0 radical (unpaired) electrons. The molecule has 170 valence electrons. The van der Waals surface area contributed by atoms with Gasteiger partial charge in [0.25, 0.3) is 11.5 Å². The molecule has 1 aliphatic rings. The molecule has 0 fully saturated rings. The van der Waals surface area contributed by atoms with Gasteiger partial charge in [0.2, 0.25) is 0 Å². The van der Waals surface area contributed by atoms with E-state index in [1.807, 2.05) is 17.5 Å². The fourth-order valence-electron chi connectivity index (χ4n) is 3.80. The van der Waals surface area contributed by atoms with Crippen molar-refractivity contribution in [1.29, 1.82) is 0 Å². The Morgan fingerprint density at radius 2 is 2.03 bits per heavy atom. The second-order valence-corrected chi connectivity index (χ2v) is 8.61. The molecular weight excluding hydrogens is 458 g/mol. The lowest BCUT2D eigenvalue weighted by Gasteiger charge is -2.09. The summed E-state index contributed by atoms with van der Waals surface area (Å²) in [6, 6.07) is 10.3. The molecule has 0 bridgehead atoms. The molecule has 0 unspecified atom stereocenters. The molecule has 0 aliphatic heterocycles. The molecule has 1 N–H and O–H groups in total. The average Bonchev–Trinajstić information content (AvgIpc) is 3.48. The highest BCUT2D eigenvalue weighted by molar-refractivity contribution is 7.10. The van der Waals surface area contributed by atoms with Gasteiger partial charge in [0.15, 0.2) is 11.6 Å². The van der Waals surface area contributed by atoms with Crippen LogP contribution in [0.15, 0.2) is 71.1 Å². The summed E-state index contributed by atoms with van der Waals surface area (Å²) in [6.07, 6.45) is 6.13. The molecule has 1 aromatic carbocycles. The molecule has 3 aromatic heterocycles. The summed E-state index contributed by atoms with van der Waals surface area (Å²) < 4.78 is 27.9. The van der Waals surface area contributed by atoms with E-state index < -0.39 is 23.1 Å². The number of benzene rings is 1. The van der Waals surface area contributed by atoms with E-state index >= 15 is 0 Å². The van der Waals surface area contributed by atoms with E-state index in [1.165, 1.54) is 34.2 Å². The number of rotatable bonds is 6. The lowest BCUT2D eigenvalue weighted by molar-refractivity contribution is 0.0948. The van der Waals surface area contributed by atoms with Crippen molar-refractivity contribution < 1.29 is 13.6 Å². The first-order chi connectivity index (χ1) is 16.5. The second kappa shape index (κ2) is 9.11. The summed E-state index contributed by atoms with van der Waals surface area (Å²) in [7, 11) is 0. The highest BCUT2D eigenvalue weighted by Gasteiger charge is 2.19. The van der Waals surface area contributed by atoms with Crippen molar-refractivity contribution in [1.82, 2.24) is 19.9 Å². The van der Waals surface area contributed by atoms with E-state index in [0.29, 0.717) is 11.3 Å². The van der Waals surface area contributed by atoms with Gasteiger partial charge in [-0.1, -0.05) is 18.2 Å². The number of pyridine rings is 2. The summed E-state index contributed by atoms with van der Waals surface area (Å²) in [5.41, 5.74) is 3.65. The number of carbonyl (C=O) groups excluding carboxylic acids is 1. The van der Waals surface area contributed by atoms with Crippen molar-refractivity contribution in [3.63, 3.8) is 0 Å². The summed E-state index contributed by atoms with van der Waals surface area (Å²) >= 11 is 1.49. The number of allylic oxidation sites excluding steroid dienone is 1. The summed E-state index contributed by atoms with van der Waals surface area (Å²) in [5, 5.41) is 5.46. The third kappa shape index (κ3) is 4.29. The van der Waals surface area contributed by atoms with Gasteiger partial charge in [-0.25, -0.2) is 13.8 Å². The van der Waals surface area contributed by atoms with Crippen molar-refractivity contribution in [2.45, 2.75) is 19.5 Å². The number of carbonyl (C=O) groups is 1. The SMILES string of the molecule is O=C(NCc1csc(C2=CCc3ncccc32)n1)c1cccn(Cc2ccc(F)c(F)c2)c1=O. The topological polar surface area (TPSA) is 76.9 Å². The lowest BCUT2D eigenvalue weighted by atomic mass is 10.1. The minimum atomic E-state index is -0.991. The standard InChI is InChI=1S/C25H18F2N4O2S/c26-20-7-5-15(11-21(20)27)13-31-10-2-4-19(25(31)33)23(32)29-12-16-14-34-24(30-16)18-6-8-22-17(18)3-1-9-28-22/h1-7,9-11,14H,8,12-13H2,(H,29,32). The van der Waals surface area contributed by atoms with Crippen molar-refractivity contribution in [2.24, 2.45) is 0 Å². The van der Waals surface area contributed by atoms with Gasteiger partial charge in [-0.3, -0.25) is 14.6 Å². The number of aromatic nitrogens is 3. The maximum absolute atomic E-state index is 13.5. The van der Waals surface area contributed by atoms with Crippen LogP contribution in [-0.2, 0) is 19.5 Å². The van der Waals surface area contributed by atoms with Crippen LogP contribution < -0.4 is 10.9 Å². The summed E-state index contributed by atoms with van der Waals surface area (Å²) in [4.78, 5) is 34.5. The minimum Gasteiger partial charge on any atom is -0.346 e. The molecule has 1 aliphatic carbocycles. The van der Waals surface area contributed by atoms with E-state index in [2.05, 4.69) is 21.4 Å². The zero-order chi connectivity index (χ0) is 23.7. The Kier molecular flexibility index (Phi) is 5.85. The Balaban J connectivity index is 1.27. The van der Waals surface area contributed by atoms with E-state index in [4.69, 9.17) is 0 Å². The highest BCUT2D eigenvalue weighted by Crippen LogP contribution is 2.33. The Morgan fingerprint density at radius 1 is 1.15 bits per heavy atom. The van der Waals surface area contributed by atoms with Crippen LogP contribution in [0.25, 0.3) is 5.57 Å². The second-order valence-electron chi connectivity index (χ2n) is 7.75. The Bertz CT molecular complexity index is 1490. The van der Waals surface area contributed by atoms with Gasteiger partial charge in [0.1, 0.15) is 10.6 Å². The van der Waals surface area contributed by atoms with Crippen molar-refractivity contribution in [2.75, 3.05) is 0 Å². The van der Waals surface area contributed by atoms with Gasteiger partial charge in [-0.05, 0) is 35.9 Å². The fourth-order valence-corrected chi connectivity index (χ4v) is 4.68. The normalized spacial score (nSPS) is 12.4. The van der Waals surface area contributed by atoms with Crippen LogP contribution in [0.4, 0.5) is 8.78 Å². The molecule has 0 saturated heterocycles. The van der Waals surface area contributed by atoms with Crippen LogP contribution in [0.3, 0.4) is 0 Å². The molecule has 5 rings (SSSR count). The van der Waals surface area contributed by atoms with Gasteiger partial charge in [-0.15, -0.1) is 11.3 Å². The number of thiazole rings is 1. The number of nitrogens with one attached hydrogen (secondary N) is 1. The predicted molar refractivity (Wildman–Crippen MR) is 124 cm³/mol. The molecule has 9 heteroatoms. The van der Waals surface area contributed by atoms with Crippen LogP contribution in [0.2, 0.25) is 0 Å². The highest BCUT2D eigenvalue weighted by atomic mass is 32.1. The lowest BCUT2D eigenvalue weighted by Crippen LogP contribution is -2.32. The van der Waals surface area contributed by atoms with Gasteiger partial charge in [-0.2, -0.15) is 0 Å². The molecule has 0 atom stereocenters. The van der Waals surface area contributed by atoms with Gasteiger partial charge >= 0.3 is 0 Å². The number of fused-ring (bicyclic) bond motifs is 1. The monoisotopic (exact) mass is 476 g/mol. The van der Waals surface area contributed by atoms with E-state index in [-0.39, 0.29) is 18.7 Å². The summed E-state index contributed by atoms with van der Waals surface area (Å²) in [5.74, 6) is -2.48. The molecule has 0 spiro atoms. The third-order valence-corrected chi connectivity index (χ3v) is 6.42. The number of nitrogens with zero attached hydrogens (tertiary/aromatic N) is 3. The van der Waals surface area contributed by atoms with Gasteiger partial charge in [0.05, 0.1) is 24.5 Å². The van der Waals surface area contributed by atoms with Gasteiger partial charge in [0, 0.05) is 35.3 Å². The van der Waals surface area contributed by atoms with E-state index in [0.717, 1.165) is 40.4 Å². The largest absolute Gasteiger partial charge is 0.346 e. The zero-order valence-electron chi connectivity index (χ0n) is 17.8. The average molecular weight is 477 g/mol. The quantitative estimate of drug-likeness (QED) is 0.457. The minimum absolute atomic E-state index is 0.0119. The van der Waals surface area contributed by atoms with Crippen LogP contribution in [0.5, 0.6) is 0 Å². The molecule has 1 amide bonds. The maximum atomic E-state index is 13.5. The number of amides is 1. The number of hydrogen-bond acceptors (Lipinski definition) is 5. The Morgan fingerprint density at radius 3 is 2.88 bits per heavy atom. The van der Waals surface area contributed by atoms with Crippen molar-refractivity contribution in [3.05, 3.63) is 121 Å². The first kappa shape index (κ1) is 21.8. The molecule has 3 heterocycles. The van der Waals surface area contributed by atoms with Crippen LogP contribution in [0.1, 0.15) is 37.9 Å². The van der Waals surface area contributed by atoms with Crippen LogP contribution >= 0.6 is 11.3 Å². The fraction of sp³-hybridized carbons (Fsp3) is 0.120. The van der Waals surface area contributed by atoms with E-state index in [9.17, 15) is 18.4 Å². The van der Waals surface area contributed by atoms with Crippen molar-refractivity contribution >= 4 is 22.8 Å². The molecule has 4 aromatic rings. The Labute approximate surface area is 197 Å². The van der Waals surface area contributed by atoms with Gasteiger partial charge < -0.3 is 9.88 Å². The smallest absolute Gasteiger partial charge is 0.263 e. The zero-order valence-corrected chi connectivity index (χ0v) is 18.6.